The summed E-state index contributed by atoms with van der Waals surface area (Å²) in [5, 5.41) is 12.5. The quantitative estimate of drug-likeness (QED) is 0.617. The van der Waals surface area contributed by atoms with Crippen molar-refractivity contribution in [1.29, 1.82) is 0 Å². The Kier molecular flexibility index (Phi) is 5.44. The number of tetrazole rings is 1. The van der Waals surface area contributed by atoms with Crippen molar-refractivity contribution in [2.75, 3.05) is 18.0 Å². The van der Waals surface area contributed by atoms with Gasteiger partial charge in [0.1, 0.15) is 0 Å². The molecule has 3 aromatic rings. The van der Waals surface area contributed by atoms with Gasteiger partial charge in [0.25, 0.3) is 5.95 Å². The van der Waals surface area contributed by atoms with Gasteiger partial charge in [0, 0.05) is 36.3 Å². The highest BCUT2D eigenvalue weighted by atomic mass is 15.6. The average Bonchev–Trinajstić information content (AvgIpc) is 3.15. The van der Waals surface area contributed by atoms with Crippen LogP contribution in [0.4, 0.5) is 11.6 Å². The van der Waals surface area contributed by atoms with Crippen LogP contribution in [0.5, 0.6) is 0 Å². The molecule has 0 aliphatic carbocycles. The predicted octanol–water partition coefficient (Wildman–Crippen LogP) is 4.05. The first kappa shape index (κ1) is 19.9. The first-order chi connectivity index (χ1) is 14.4. The molecule has 0 atom stereocenters. The molecule has 1 aromatic carbocycles. The summed E-state index contributed by atoms with van der Waals surface area (Å²) < 4.78 is 0. The zero-order valence-electron chi connectivity index (χ0n) is 18.2. The van der Waals surface area contributed by atoms with E-state index in [0.29, 0.717) is 5.95 Å². The maximum absolute atomic E-state index is 4.81. The first-order valence-electron chi connectivity index (χ1n) is 10.2. The highest BCUT2D eigenvalue weighted by molar-refractivity contribution is 6.01. The Morgan fingerprint density at radius 3 is 2.53 bits per heavy atom. The number of aryl methyl sites for hydroxylation is 3. The second-order valence-electron chi connectivity index (χ2n) is 7.89. The van der Waals surface area contributed by atoms with Gasteiger partial charge in [-0.2, -0.15) is 4.80 Å². The van der Waals surface area contributed by atoms with Gasteiger partial charge in [-0.1, -0.05) is 22.8 Å². The molecule has 1 aliphatic rings. The smallest absolute Gasteiger partial charge is 0.266 e. The minimum absolute atomic E-state index is 0.682. The summed E-state index contributed by atoms with van der Waals surface area (Å²) in [7, 11) is 1.79. The number of hydrogen-bond donors (Lipinski definition) is 0. The molecule has 0 spiro atoms. The van der Waals surface area contributed by atoms with Crippen molar-refractivity contribution in [3.05, 3.63) is 64.5 Å². The topological polar surface area (TPSA) is 72.1 Å². The van der Waals surface area contributed by atoms with E-state index in [2.05, 4.69) is 69.5 Å². The molecule has 0 unspecified atom stereocenters. The van der Waals surface area contributed by atoms with Gasteiger partial charge in [-0.25, -0.2) is 0 Å². The summed E-state index contributed by atoms with van der Waals surface area (Å²) in [6.07, 6.45) is 2.90. The molecule has 154 valence electrons. The number of benzene rings is 1. The molecule has 0 N–H and O–H groups in total. The van der Waals surface area contributed by atoms with E-state index in [1.165, 1.54) is 27.1 Å². The normalized spacial score (nSPS) is 15.1. The molecule has 1 aliphatic heterocycles. The maximum atomic E-state index is 4.81. The zero-order valence-corrected chi connectivity index (χ0v) is 18.2. The summed E-state index contributed by atoms with van der Waals surface area (Å²) >= 11 is 0. The van der Waals surface area contributed by atoms with Gasteiger partial charge < -0.3 is 4.90 Å². The lowest BCUT2D eigenvalue weighted by Crippen LogP contribution is -2.31. The number of pyridine rings is 1. The van der Waals surface area contributed by atoms with Gasteiger partial charge >= 0.3 is 0 Å². The van der Waals surface area contributed by atoms with Crippen molar-refractivity contribution in [1.82, 2.24) is 25.2 Å². The van der Waals surface area contributed by atoms with Crippen LogP contribution in [0.1, 0.15) is 42.7 Å². The highest BCUT2D eigenvalue weighted by Crippen LogP contribution is 2.29. The third-order valence-electron chi connectivity index (χ3n) is 5.55. The van der Waals surface area contributed by atoms with Gasteiger partial charge in [0.05, 0.1) is 12.7 Å². The molecule has 7 heteroatoms. The molecule has 0 bridgehead atoms. The zero-order chi connectivity index (χ0) is 21.3. The highest BCUT2D eigenvalue weighted by Gasteiger charge is 2.21. The van der Waals surface area contributed by atoms with E-state index < -0.39 is 0 Å². The van der Waals surface area contributed by atoms with Crippen LogP contribution in [0.3, 0.4) is 0 Å². The van der Waals surface area contributed by atoms with E-state index in [4.69, 9.17) is 4.99 Å². The molecule has 30 heavy (non-hydrogen) atoms. The molecule has 0 fully saturated rings. The maximum Gasteiger partial charge on any atom is 0.266 e. The summed E-state index contributed by atoms with van der Waals surface area (Å²) in [6.45, 7) is 10.0. The molecular weight excluding hydrogens is 374 g/mol. The molecule has 0 radical (unpaired) electrons. The van der Waals surface area contributed by atoms with Crippen molar-refractivity contribution < 1.29 is 0 Å². The fourth-order valence-corrected chi connectivity index (χ4v) is 3.83. The monoisotopic (exact) mass is 401 g/mol. The number of anilines is 1. The van der Waals surface area contributed by atoms with Crippen LogP contribution in [0.15, 0.2) is 47.1 Å². The van der Waals surface area contributed by atoms with Crippen LogP contribution < -0.4 is 4.90 Å². The summed E-state index contributed by atoms with van der Waals surface area (Å²) in [5.74, 6) is 0.682. The lowest BCUT2D eigenvalue weighted by Gasteiger charge is -2.29. The van der Waals surface area contributed by atoms with Crippen LogP contribution in [0.25, 0.3) is 5.57 Å². The predicted molar refractivity (Wildman–Crippen MR) is 120 cm³/mol. The number of aliphatic imine (C=N–C) groups is 1. The lowest BCUT2D eigenvalue weighted by molar-refractivity contribution is 0.628. The molecule has 0 saturated heterocycles. The fraction of sp³-hybridized carbons (Fsp3) is 0.348. The number of hydrogen-bond acceptors (Lipinski definition) is 6. The molecule has 0 amide bonds. The third-order valence-corrected chi connectivity index (χ3v) is 5.55. The molecule has 2 aromatic heterocycles. The second kappa shape index (κ2) is 8.18. The molecule has 4 rings (SSSR count). The SMILES string of the molecule is CC(=Nc1ccc(C2=C(C)CCN(c3nnn(C)n3)C2)cc1)c1cnc(C)cc1C. The Labute approximate surface area is 177 Å². The Hall–Kier alpha value is -3.35. The number of rotatable bonds is 4. The largest absolute Gasteiger partial charge is 0.334 e. The Morgan fingerprint density at radius 1 is 1.10 bits per heavy atom. The Morgan fingerprint density at radius 2 is 1.87 bits per heavy atom. The summed E-state index contributed by atoms with van der Waals surface area (Å²) in [6, 6.07) is 10.6. The average molecular weight is 402 g/mol. The van der Waals surface area contributed by atoms with Gasteiger partial charge in [0.2, 0.25) is 0 Å². The van der Waals surface area contributed by atoms with Crippen LogP contribution in [-0.4, -0.2) is 44.0 Å². The van der Waals surface area contributed by atoms with Crippen LogP contribution >= 0.6 is 0 Å². The van der Waals surface area contributed by atoms with E-state index in [1.807, 2.05) is 20.0 Å². The minimum Gasteiger partial charge on any atom is -0.334 e. The third kappa shape index (κ3) is 4.15. The van der Waals surface area contributed by atoms with E-state index in [0.717, 1.165) is 42.2 Å². The van der Waals surface area contributed by atoms with Gasteiger partial charge in [-0.05, 0) is 74.2 Å². The van der Waals surface area contributed by atoms with Crippen molar-refractivity contribution in [3.8, 4) is 0 Å². The van der Waals surface area contributed by atoms with Crippen molar-refractivity contribution >= 4 is 22.9 Å². The molecule has 3 heterocycles. The summed E-state index contributed by atoms with van der Waals surface area (Å²) in [4.78, 5) is 12.9. The van der Waals surface area contributed by atoms with Gasteiger partial charge in [0.15, 0.2) is 0 Å². The molecular formula is C23H27N7. The van der Waals surface area contributed by atoms with Gasteiger partial charge in [-0.3, -0.25) is 9.98 Å². The van der Waals surface area contributed by atoms with E-state index >= 15 is 0 Å². The number of aromatic nitrogens is 5. The minimum atomic E-state index is 0.682. The standard InChI is InChI=1S/C23H27N7/c1-15-10-11-30(23-26-28-29(5)27-23)14-22(15)19-6-8-20(9-7-19)25-18(4)21-13-24-17(3)12-16(21)2/h6-9,12-13H,10-11,14H2,1-5H3. The van der Waals surface area contributed by atoms with E-state index in [1.54, 1.807) is 7.05 Å². The van der Waals surface area contributed by atoms with E-state index in [-0.39, 0.29) is 0 Å². The second-order valence-corrected chi connectivity index (χ2v) is 7.89. The first-order valence-corrected chi connectivity index (χ1v) is 10.2. The Balaban J connectivity index is 1.55. The molecule has 7 nitrogen and oxygen atoms in total. The van der Waals surface area contributed by atoms with Crippen molar-refractivity contribution in [2.45, 2.75) is 34.1 Å². The molecule has 0 saturated carbocycles. The van der Waals surface area contributed by atoms with Gasteiger partial charge in [-0.15, -0.1) is 5.10 Å². The van der Waals surface area contributed by atoms with Crippen LogP contribution in [0.2, 0.25) is 0 Å². The lowest BCUT2D eigenvalue weighted by atomic mass is 9.95. The van der Waals surface area contributed by atoms with Crippen LogP contribution in [-0.2, 0) is 7.05 Å². The van der Waals surface area contributed by atoms with E-state index in [9.17, 15) is 0 Å². The summed E-state index contributed by atoms with van der Waals surface area (Å²) in [5.41, 5.74) is 9.16. The van der Waals surface area contributed by atoms with Crippen LogP contribution in [0, 0.1) is 13.8 Å². The Bertz CT molecular complexity index is 1120. The van der Waals surface area contributed by atoms with Crippen molar-refractivity contribution in [2.24, 2.45) is 12.0 Å². The number of nitrogens with zero attached hydrogens (tertiary/aromatic N) is 7. The van der Waals surface area contributed by atoms with Crippen molar-refractivity contribution in [3.63, 3.8) is 0 Å². The fourth-order valence-electron chi connectivity index (χ4n) is 3.83.